The molecule has 1 aliphatic rings. The van der Waals surface area contributed by atoms with Crippen LogP contribution in [0, 0.1) is 0 Å². The van der Waals surface area contributed by atoms with Crippen molar-refractivity contribution >= 4 is 28.6 Å². The van der Waals surface area contributed by atoms with Gasteiger partial charge in [-0.05, 0) is 31.5 Å². The normalized spacial score (nSPS) is 15.4. The minimum atomic E-state index is 0.0900. The molecule has 0 unspecified atom stereocenters. The monoisotopic (exact) mass is 425 g/mol. The molecule has 1 aromatic heterocycles. The zero-order chi connectivity index (χ0) is 22.4. The van der Waals surface area contributed by atoms with Gasteiger partial charge in [0.1, 0.15) is 5.82 Å². The highest BCUT2D eigenvalue weighted by molar-refractivity contribution is 5.85. The lowest BCUT2D eigenvalue weighted by Gasteiger charge is -2.36. The van der Waals surface area contributed by atoms with Crippen molar-refractivity contribution in [1.82, 2.24) is 25.4 Å². The largest absolute Gasteiger partial charge is 0.363 e. The molecule has 1 fully saturated rings. The van der Waals surface area contributed by atoms with Crippen molar-refractivity contribution in [2.45, 2.75) is 26.4 Å². The van der Waals surface area contributed by atoms with Crippen LogP contribution >= 0.6 is 0 Å². The van der Waals surface area contributed by atoms with Crippen LogP contribution in [0.1, 0.15) is 19.4 Å². The summed E-state index contributed by atoms with van der Waals surface area (Å²) >= 11 is 0. The number of aliphatic imine (C=N–C) groups is 1. The number of nitrogens with one attached hydrogen (secondary N) is 2. The molecule has 1 saturated heterocycles. The van der Waals surface area contributed by atoms with E-state index < -0.39 is 0 Å². The zero-order valence-corrected chi connectivity index (χ0v) is 19.4. The van der Waals surface area contributed by atoms with Gasteiger partial charge in [0.05, 0.1) is 12.1 Å². The summed E-state index contributed by atoms with van der Waals surface area (Å²) in [5.41, 5.74) is 2.19. The molecule has 3 rings (SSSR count). The molecular weight excluding hydrogens is 390 g/mol. The highest BCUT2D eigenvalue weighted by atomic mass is 16.2. The minimum absolute atomic E-state index is 0.0900. The molecule has 0 spiro atoms. The Labute approximate surface area is 185 Å². The van der Waals surface area contributed by atoms with Crippen LogP contribution < -0.4 is 15.5 Å². The molecule has 2 heterocycles. The van der Waals surface area contributed by atoms with Gasteiger partial charge >= 0.3 is 0 Å². The van der Waals surface area contributed by atoms with Crippen LogP contribution in [-0.2, 0) is 11.3 Å². The van der Waals surface area contributed by atoms with Gasteiger partial charge in [-0.1, -0.05) is 18.2 Å². The average Bonchev–Trinajstić information content (AvgIpc) is 2.74. The molecule has 0 atom stereocenters. The SMILES string of the molecule is CN=C(NCc1cc(N(C)C)nc2ccccc12)N1CCN(CC(=O)NC(C)C)CC1. The summed E-state index contributed by atoms with van der Waals surface area (Å²) < 4.78 is 0. The van der Waals surface area contributed by atoms with E-state index in [4.69, 9.17) is 4.98 Å². The molecule has 2 N–H and O–H groups in total. The molecule has 0 saturated carbocycles. The Morgan fingerprint density at radius 1 is 1.19 bits per heavy atom. The molecule has 0 bridgehead atoms. The fourth-order valence-electron chi connectivity index (χ4n) is 3.80. The van der Waals surface area contributed by atoms with E-state index in [1.807, 2.05) is 52.0 Å². The Morgan fingerprint density at radius 2 is 1.90 bits per heavy atom. The Bertz CT molecular complexity index is 917. The lowest BCUT2D eigenvalue weighted by Crippen LogP contribution is -2.54. The molecule has 0 radical (unpaired) electrons. The van der Waals surface area contributed by atoms with Crippen LogP contribution in [0.4, 0.5) is 5.82 Å². The number of guanidine groups is 1. The van der Waals surface area contributed by atoms with E-state index in [1.165, 1.54) is 5.56 Å². The number of fused-ring (bicyclic) bond motifs is 1. The highest BCUT2D eigenvalue weighted by Crippen LogP contribution is 2.22. The molecule has 8 heteroatoms. The van der Waals surface area contributed by atoms with Crippen molar-refractivity contribution in [3.05, 3.63) is 35.9 Å². The third-order valence-corrected chi connectivity index (χ3v) is 5.38. The van der Waals surface area contributed by atoms with Crippen molar-refractivity contribution in [1.29, 1.82) is 0 Å². The number of benzene rings is 1. The summed E-state index contributed by atoms with van der Waals surface area (Å²) in [6.45, 7) is 8.47. The van der Waals surface area contributed by atoms with E-state index in [1.54, 1.807) is 0 Å². The Morgan fingerprint density at radius 3 is 2.55 bits per heavy atom. The van der Waals surface area contributed by atoms with Crippen LogP contribution in [0.2, 0.25) is 0 Å². The van der Waals surface area contributed by atoms with Crippen molar-refractivity contribution < 1.29 is 4.79 Å². The molecule has 31 heavy (non-hydrogen) atoms. The summed E-state index contributed by atoms with van der Waals surface area (Å²) in [5.74, 6) is 1.92. The average molecular weight is 426 g/mol. The van der Waals surface area contributed by atoms with E-state index >= 15 is 0 Å². The third kappa shape index (κ3) is 6.07. The fraction of sp³-hybridized carbons (Fsp3) is 0.522. The topological polar surface area (TPSA) is 76.1 Å². The zero-order valence-electron chi connectivity index (χ0n) is 19.4. The summed E-state index contributed by atoms with van der Waals surface area (Å²) in [6.07, 6.45) is 0. The lowest BCUT2D eigenvalue weighted by molar-refractivity contribution is -0.123. The number of carbonyl (C=O) groups excluding carboxylic acids is 1. The number of para-hydroxylation sites is 1. The number of amides is 1. The smallest absolute Gasteiger partial charge is 0.234 e. The van der Waals surface area contributed by atoms with E-state index in [-0.39, 0.29) is 11.9 Å². The standard InChI is InChI=1S/C23H35N7O/c1-17(2)26-22(31)16-29-10-12-30(13-11-29)23(24-3)25-15-18-14-21(28(4)5)27-20-9-7-6-8-19(18)20/h6-9,14,17H,10-13,15-16H2,1-5H3,(H,24,25)(H,26,31). The Balaban J connectivity index is 1.61. The van der Waals surface area contributed by atoms with E-state index in [0.717, 1.165) is 48.9 Å². The number of anilines is 1. The first-order chi connectivity index (χ1) is 14.9. The first-order valence-electron chi connectivity index (χ1n) is 10.9. The summed E-state index contributed by atoms with van der Waals surface area (Å²) in [6, 6.07) is 10.5. The van der Waals surface area contributed by atoms with Crippen LogP contribution in [0.3, 0.4) is 0 Å². The van der Waals surface area contributed by atoms with Gasteiger partial charge in [-0.3, -0.25) is 14.7 Å². The van der Waals surface area contributed by atoms with Crippen LogP contribution in [-0.4, -0.2) is 86.6 Å². The van der Waals surface area contributed by atoms with Crippen molar-refractivity contribution in [3.8, 4) is 0 Å². The predicted octanol–water partition coefficient (Wildman–Crippen LogP) is 1.52. The maximum absolute atomic E-state index is 12.0. The molecule has 1 aromatic carbocycles. The van der Waals surface area contributed by atoms with Crippen molar-refractivity contribution in [3.63, 3.8) is 0 Å². The Kier molecular flexibility index (Phi) is 7.68. The van der Waals surface area contributed by atoms with Crippen molar-refractivity contribution in [2.24, 2.45) is 4.99 Å². The molecule has 1 aliphatic heterocycles. The molecule has 0 aliphatic carbocycles. The molecular formula is C23H35N7O. The van der Waals surface area contributed by atoms with Gasteiger partial charge in [0.2, 0.25) is 5.91 Å². The summed E-state index contributed by atoms with van der Waals surface area (Å²) in [7, 11) is 5.84. The second-order valence-corrected chi connectivity index (χ2v) is 8.44. The first-order valence-corrected chi connectivity index (χ1v) is 10.9. The van der Waals surface area contributed by atoms with Gasteiger partial charge in [0.15, 0.2) is 5.96 Å². The first kappa shape index (κ1) is 22.8. The third-order valence-electron chi connectivity index (χ3n) is 5.38. The highest BCUT2D eigenvalue weighted by Gasteiger charge is 2.21. The molecule has 2 aromatic rings. The second kappa shape index (κ2) is 10.4. The van der Waals surface area contributed by atoms with Crippen LogP contribution in [0.15, 0.2) is 35.3 Å². The maximum Gasteiger partial charge on any atom is 0.234 e. The fourth-order valence-corrected chi connectivity index (χ4v) is 3.80. The number of piperazine rings is 1. The van der Waals surface area contributed by atoms with Gasteiger partial charge in [-0.25, -0.2) is 4.98 Å². The van der Waals surface area contributed by atoms with E-state index in [0.29, 0.717) is 13.1 Å². The van der Waals surface area contributed by atoms with Crippen LogP contribution in [0.5, 0.6) is 0 Å². The number of aromatic nitrogens is 1. The number of hydrogen-bond donors (Lipinski definition) is 2. The van der Waals surface area contributed by atoms with Gasteiger partial charge in [-0.15, -0.1) is 0 Å². The summed E-state index contributed by atoms with van der Waals surface area (Å²) in [5, 5.41) is 7.64. The van der Waals surface area contributed by atoms with Crippen molar-refractivity contribution in [2.75, 3.05) is 58.8 Å². The Hall–Kier alpha value is -2.87. The number of carbonyl (C=O) groups is 1. The minimum Gasteiger partial charge on any atom is -0.363 e. The van der Waals surface area contributed by atoms with Gasteiger partial charge in [0.25, 0.3) is 0 Å². The predicted molar refractivity (Wildman–Crippen MR) is 128 cm³/mol. The number of nitrogens with zero attached hydrogens (tertiary/aromatic N) is 5. The molecule has 168 valence electrons. The quantitative estimate of drug-likeness (QED) is 0.540. The van der Waals surface area contributed by atoms with E-state index in [2.05, 4.69) is 43.6 Å². The number of rotatable bonds is 6. The number of pyridine rings is 1. The van der Waals surface area contributed by atoms with Gasteiger partial charge in [-0.2, -0.15) is 0 Å². The van der Waals surface area contributed by atoms with Gasteiger partial charge < -0.3 is 20.4 Å². The van der Waals surface area contributed by atoms with Gasteiger partial charge in [0, 0.05) is 65.3 Å². The lowest BCUT2D eigenvalue weighted by atomic mass is 10.1. The number of hydrogen-bond acceptors (Lipinski definition) is 5. The summed E-state index contributed by atoms with van der Waals surface area (Å²) in [4.78, 5) is 27.7. The maximum atomic E-state index is 12.0. The van der Waals surface area contributed by atoms with E-state index in [9.17, 15) is 4.79 Å². The molecule has 8 nitrogen and oxygen atoms in total. The van der Waals surface area contributed by atoms with Crippen LogP contribution in [0.25, 0.3) is 10.9 Å². The second-order valence-electron chi connectivity index (χ2n) is 8.44. The molecule has 1 amide bonds.